The van der Waals surface area contributed by atoms with E-state index in [2.05, 4.69) is 15.3 Å². The van der Waals surface area contributed by atoms with Gasteiger partial charge in [0.1, 0.15) is 10.9 Å². The molecule has 3 rings (SSSR count). The minimum absolute atomic E-state index is 0.0414. The van der Waals surface area contributed by atoms with Gasteiger partial charge in [0.25, 0.3) is 0 Å². The number of hydrogen-bond acceptors (Lipinski definition) is 4. The third kappa shape index (κ3) is 3.85. The zero-order valence-corrected chi connectivity index (χ0v) is 14.7. The van der Waals surface area contributed by atoms with E-state index in [0.29, 0.717) is 5.02 Å². The van der Waals surface area contributed by atoms with Crippen molar-refractivity contribution in [1.29, 1.82) is 0 Å². The predicted molar refractivity (Wildman–Crippen MR) is 94.2 cm³/mol. The average molecular weight is 348 g/mol. The first-order valence-corrected chi connectivity index (χ1v) is 8.88. The van der Waals surface area contributed by atoms with Crippen LogP contribution in [0.25, 0.3) is 0 Å². The first kappa shape index (κ1) is 16.3. The first-order valence-electron chi connectivity index (χ1n) is 7.62. The number of aryl methyl sites for hydroxylation is 2. The molecule has 120 valence electrons. The van der Waals surface area contributed by atoms with E-state index in [1.54, 1.807) is 24.3 Å². The summed E-state index contributed by atoms with van der Waals surface area (Å²) in [5.74, 6) is 0.735. The van der Waals surface area contributed by atoms with Crippen LogP contribution in [0.15, 0.2) is 29.3 Å². The molecular weight excluding hydrogens is 330 g/mol. The van der Waals surface area contributed by atoms with Crippen LogP contribution in [0.2, 0.25) is 5.02 Å². The molecule has 0 aliphatic heterocycles. The zero-order valence-electron chi connectivity index (χ0n) is 13.1. The number of anilines is 1. The van der Waals surface area contributed by atoms with Gasteiger partial charge in [-0.1, -0.05) is 23.4 Å². The second-order valence-corrected chi connectivity index (χ2v) is 7.38. The van der Waals surface area contributed by atoms with Crippen molar-refractivity contribution in [3.05, 3.63) is 46.4 Å². The molecule has 0 radical (unpaired) electrons. The van der Waals surface area contributed by atoms with Gasteiger partial charge in [0.2, 0.25) is 5.91 Å². The maximum Gasteiger partial charge on any atom is 0.237 e. The summed E-state index contributed by atoms with van der Waals surface area (Å²) in [6.45, 7) is 3.80. The first-order chi connectivity index (χ1) is 11.0. The molecule has 1 aliphatic carbocycles. The van der Waals surface area contributed by atoms with E-state index in [-0.39, 0.29) is 11.2 Å². The Labute approximate surface area is 145 Å². The Morgan fingerprint density at radius 3 is 2.74 bits per heavy atom. The van der Waals surface area contributed by atoms with Crippen molar-refractivity contribution in [2.45, 2.75) is 43.4 Å². The summed E-state index contributed by atoms with van der Waals surface area (Å²) in [6, 6.07) is 7.11. The molecule has 1 aromatic carbocycles. The van der Waals surface area contributed by atoms with E-state index in [1.807, 2.05) is 13.8 Å². The van der Waals surface area contributed by atoms with Gasteiger partial charge < -0.3 is 5.32 Å². The Hall–Kier alpha value is -1.59. The lowest BCUT2D eigenvalue weighted by atomic mass is 10.3. The van der Waals surface area contributed by atoms with Crippen molar-refractivity contribution in [3.63, 3.8) is 0 Å². The minimum atomic E-state index is -0.232. The van der Waals surface area contributed by atoms with Crippen molar-refractivity contribution in [2.24, 2.45) is 0 Å². The largest absolute Gasteiger partial charge is 0.325 e. The second kappa shape index (κ2) is 6.89. The number of nitrogens with one attached hydrogen (secondary N) is 1. The van der Waals surface area contributed by atoms with Crippen LogP contribution in [-0.4, -0.2) is 21.1 Å². The van der Waals surface area contributed by atoms with Gasteiger partial charge in [-0.15, -0.1) is 0 Å². The molecule has 0 saturated carbocycles. The number of carbonyl (C=O) groups excluding carboxylic acids is 1. The standard InChI is InChI=1S/C17H18ClN3OS/c1-10(16(22)21-13-8-6-12(18)7-9-13)23-17-14-4-3-5-15(14)19-11(2)20-17/h6-10H,3-5H2,1-2H3,(H,21,22)/t10-/m1/s1. The van der Waals surface area contributed by atoms with Crippen molar-refractivity contribution in [1.82, 2.24) is 9.97 Å². The molecular formula is C17H18ClN3OS. The van der Waals surface area contributed by atoms with Gasteiger partial charge in [-0.25, -0.2) is 9.97 Å². The second-order valence-electron chi connectivity index (χ2n) is 5.61. The summed E-state index contributed by atoms with van der Waals surface area (Å²) in [6.07, 6.45) is 3.13. The molecule has 1 aliphatic rings. The molecule has 2 aromatic rings. The molecule has 6 heteroatoms. The highest BCUT2D eigenvalue weighted by Crippen LogP contribution is 2.32. The van der Waals surface area contributed by atoms with Crippen LogP contribution >= 0.6 is 23.4 Å². The molecule has 0 fully saturated rings. The van der Waals surface area contributed by atoms with Crippen molar-refractivity contribution < 1.29 is 4.79 Å². The summed E-state index contributed by atoms with van der Waals surface area (Å²) < 4.78 is 0. The van der Waals surface area contributed by atoms with Crippen LogP contribution in [0.3, 0.4) is 0 Å². The van der Waals surface area contributed by atoms with E-state index in [9.17, 15) is 4.79 Å². The molecule has 23 heavy (non-hydrogen) atoms. The van der Waals surface area contributed by atoms with E-state index >= 15 is 0 Å². The maximum atomic E-state index is 12.4. The third-order valence-corrected chi connectivity index (χ3v) is 5.16. The highest BCUT2D eigenvalue weighted by Gasteiger charge is 2.22. The van der Waals surface area contributed by atoms with E-state index < -0.39 is 0 Å². The lowest BCUT2D eigenvalue weighted by Gasteiger charge is -2.14. The fourth-order valence-corrected chi connectivity index (χ4v) is 3.79. The summed E-state index contributed by atoms with van der Waals surface area (Å²) in [5, 5.41) is 4.28. The molecule has 0 unspecified atom stereocenters. The molecule has 1 N–H and O–H groups in total. The van der Waals surface area contributed by atoms with E-state index in [4.69, 9.17) is 11.6 Å². The van der Waals surface area contributed by atoms with Crippen LogP contribution in [0.5, 0.6) is 0 Å². The predicted octanol–water partition coefficient (Wildman–Crippen LogP) is 4.05. The average Bonchev–Trinajstić information content (AvgIpc) is 2.97. The Morgan fingerprint density at radius 2 is 2.00 bits per heavy atom. The quantitative estimate of drug-likeness (QED) is 0.669. The van der Waals surface area contributed by atoms with Gasteiger partial charge in [-0.2, -0.15) is 0 Å². The number of aromatic nitrogens is 2. The lowest BCUT2D eigenvalue weighted by Crippen LogP contribution is -2.22. The number of nitrogens with zero attached hydrogens (tertiary/aromatic N) is 2. The third-order valence-electron chi connectivity index (χ3n) is 3.78. The number of halogens is 1. The Morgan fingerprint density at radius 1 is 1.26 bits per heavy atom. The van der Waals surface area contributed by atoms with Gasteiger partial charge in [0.15, 0.2) is 0 Å². The van der Waals surface area contributed by atoms with Crippen LogP contribution < -0.4 is 5.32 Å². The number of benzene rings is 1. The summed E-state index contributed by atoms with van der Waals surface area (Å²) in [5.41, 5.74) is 3.10. The SMILES string of the molecule is Cc1nc2c(c(S[C@H](C)C(=O)Nc3ccc(Cl)cc3)n1)CCC2. The van der Waals surface area contributed by atoms with E-state index in [0.717, 1.165) is 41.5 Å². The molecule has 1 atom stereocenters. The number of carbonyl (C=O) groups is 1. The highest BCUT2D eigenvalue weighted by molar-refractivity contribution is 8.00. The fourth-order valence-electron chi connectivity index (χ4n) is 2.61. The van der Waals surface area contributed by atoms with Crippen molar-refractivity contribution >= 4 is 35.0 Å². The fraction of sp³-hybridized carbons (Fsp3) is 0.353. The maximum absolute atomic E-state index is 12.4. The van der Waals surface area contributed by atoms with Crippen molar-refractivity contribution in [2.75, 3.05) is 5.32 Å². The number of amides is 1. The van der Waals surface area contributed by atoms with Crippen LogP contribution in [0.4, 0.5) is 5.69 Å². The normalized spacial score (nSPS) is 14.4. The summed E-state index contributed by atoms with van der Waals surface area (Å²) in [4.78, 5) is 21.4. The molecule has 0 bridgehead atoms. The lowest BCUT2D eigenvalue weighted by molar-refractivity contribution is -0.115. The van der Waals surface area contributed by atoms with Gasteiger partial charge >= 0.3 is 0 Å². The molecule has 1 amide bonds. The number of fused-ring (bicyclic) bond motifs is 1. The monoisotopic (exact) mass is 347 g/mol. The van der Waals surface area contributed by atoms with Gasteiger partial charge in [0.05, 0.1) is 5.25 Å². The van der Waals surface area contributed by atoms with Gasteiger partial charge in [-0.05, 0) is 57.4 Å². The minimum Gasteiger partial charge on any atom is -0.325 e. The number of thioether (sulfide) groups is 1. The molecule has 1 heterocycles. The zero-order chi connectivity index (χ0) is 16.4. The summed E-state index contributed by atoms with van der Waals surface area (Å²) in [7, 11) is 0. The van der Waals surface area contributed by atoms with Crippen molar-refractivity contribution in [3.8, 4) is 0 Å². The summed E-state index contributed by atoms with van der Waals surface area (Å²) >= 11 is 7.36. The van der Waals surface area contributed by atoms with E-state index in [1.165, 1.54) is 17.3 Å². The molecule has 0 saturated heterocycles. The van der Waals surface area contributed by atoms with Gasteiger partial charge in [-0.3, -0.25) is 4.79 Å². The number of hydrogen-bond donors (Lipinski definition) is 1. The van der Waals surface area contributed by atoms with Crippen LogP contribution in [0.1, 0.15) is 30.4 Å². The Balaban J connectivity index is 1.70. The molecule has 4 nitrogen and oxygen atoms in total. The van der Waals surface area contributed by atoms with Crippen LogP contribution in [-0.2, 0) is 17.6 Å². The number of rotatable bonds is 4. The topological polar surface area (TPSA) is 54.9 Å². The van der Waals surface area contributed by atoms with Crippen LogP contribution in [0, 0.1) is 6.92 Å². The smallest absolute Gasteiger partial charge is 0.237 e. The highest BCUT2D eigenvalue weighted by atomic mass is 35.5. The van der Waals surface area contributed by atoms with Gasteiger partial charge in [0, 0.05) is 22.0 Å². The molecule has 1 aromatic heterocycles. The molecule has 0 spiro atoms. The Bertz CT molecular complexity index is 733. The Kier molecular flexibility index (Phi) is 4.87.